The molecule has 0 amide bonds. The fourth-order valence-electron chi connectivity index (χ4n) is 3.75. The number of benzene rings is 1. The lowest BCUT2D eigenvalue weighted by molar-refractivity contribution is 0.360. The summed E-state index contributed by atoms with van der Waals surface area (Å²) in [5.74, 6) is 0.643. The van der Waals surface area contributed by atoms with Crippen LogP contribution in [0.4, 0.5) is 0 Å². The van der Waals surface area contributed by atoms with Gasteiger partial charge in [0, 0.05) is 0 Å². The van der Waals surface area contributed by atoms with Crippen molar-refractivity contribution in [1.82, 2.24) is 0 Å². The molecule has 0 N–H and O–H groups in total. The van der Waals surface area contributed by atoms with Crippen LogP contribution in [0, 0.1) is 17.3 Å². The monoisotopic (exact) mass is 330 g/mol. The summed E-state index contributed by atoms with van der Waals surface area (Å²) in [6.07, 6.45) is 2.55. The number of sulfone groups is 1. The van der Waals surface area contributed by atoms with Crippen LogP contribution >= 0.6 is 0 Å². The first-order valence-electron chi connectivity index (χ1n) is 8.02. The van der Waals surface area contributed by atoms with Gasteiger partial charge in [0.1, 0.15) is 0 Å². The van der Waals surface area contributed by atoms with E-state index < -0.39 is 9.84 Å². The average Bonchev–Trinajstić information content (AvgIpc) is 2.80. The van der Waals surface area contributed by atoms with Crippen molar-refractivity contribution in [1.29, 1.82) is 0 Å². The van der Waals surface area contributed by atoms with Crippen molar-refractivity contribution in [3.8, 4) is 0 Å². The Morgan fingerprint density at radius 2 is 1.87 bits per heavy atom. The van der Waals surface area contributed by atoms with E-state index in [-0.39, 0.29) is 11.3 Å². The zero-order valence-corrected chi connectivity index (χ0v) is 15.1. The van der Waals surface area contributed by atoms with Crippen LogP contribution in [-0.4, -0.2) is 8.42 Å². The van der Waals surface area contributed by atoms with Gasteiger partial charge < -0.3 is 0 Å². The molecule has 0 aromatic heterocycles. The van der Waals surface area contributed by atoms with Crippen molar-refractivity contribution in [2.75, 3.05) is 0 Å². The molecule has 1 aromatic rings. The third-order valence-corrected chi connectivity index (χ3v) is 6.66. The van der Waals surface area contributed by atoms with Crippen molar-refractivity contribution in [2.24, 2.45) is 17.3 Å². The second-order valence-electron chi connectivity index (χ2n) is 7.41. The van der Waals surface area contributed by atoms with Crippen LogP contribution in [0.3, 0.4) is 0 Å². The van der Waals surface area contributed by atoms with Crippen molar-refractivity contribution >= 4 is 9.84 Å². The average molecular weight is 330 g/mol. The Hall–Kier alpha value is -1.57. The Labute approximate surface area is 140 Å². The maximum atomic E-state index is 12.8. The lowest BCUT2D eigenvalue weighted by Gasteiger charge is -2.20. The summed E-state index contributed by atoms with van der Waals surface area (Å²) < 4.78 is 25.7. The minimum absolute atomic E-state index is 0.219. The van der Waals surface area contributed by atoms with E-state index in [0.29, 0.717) is 22.1 Å². The standard InChI is InChI=1S/C20H26O2S/c1-6-17(23(21,22)18-10-8-7-9-11-18)12-16-13-20(4,5)14-19(16)15(2)3/h7-11,16,19H,1-2,12-14H2,3-5H3/t16-,19-/m0/s1. The van der Waals surface area contributed by atoms with Crippen LogP contribution in [0.2, 0.25) is 0 Å². The van der Waals surface area contributed by atoms with Crippen LogP contribution in [0.1, 0.15) is 40.0 Å². The highest BCUT2D eigenvalue weighted by atomic mass is 32.2. The first-order chi connectivity index (χ1) is 10.7. The van der Waals surface area contributed by atoms with E-state index in [2.05, 4.69) is 32.7 Å². The van der Waals surface area contributed by atoms with E-state index >= 15 is 0 Å². The molecule has 3 heteroatoms. The first kappa shape index (κ1) is 17.8. The number of hydrogen-bond acceptors (Lipinski definition) is 2. The Kier molecular flexibility index (Phi) is 5.03. The van der Waals surface area contributed by atoms with E-state index in [0.717, 1.165) is 18.4 Å². The fourth-order valence-corrected chi connectivity index (χ4v) is 5.17. The van der Waals surface area contributed by atoms with Gasteiger partial charge in [0.15, 0.2) is 0 Å². The summed E-state index contributed by atoms with van der Waals surface area (Å²) in [6.45, 7) is 14.3. The Morgan fingerprint density at radius 1 is 1.26 bits per heavy atom. The Bertz CT molecular complexity index is 735. The van der Waals surface area contributed by atoms with E-state index in [1.807, 2.05) is 13.0 Å². The SMILES string of the molecule is C=C=C(C[C@H]1CC(C)(C)C[C@H]1C(=C)C)S(=O)(=O)c1ccccc1. The predicted octanol–water partition coefficient (Wildman–Crippen LogP) is 5.15. The largest absolute Gasteiger partial charge is 0.218 e. The van der Waals surface area contributed by atoms with Crippen LogP contribution in [0.25, 0.3) is 0 Å². The predicted molar refractivity (Wildman–Crippen MR) is 95.7 cm³/mol. The Morgan fingerprint density at radius 3 is 2.39 bits per heavy atom. The third-order valence-electron chi connectivity index (χ3n) is 4.81. The molecule has 0 unspecified atom stereocenters. The molecule has 0 heterocycles. The minimum atomic E-state index is -3.51. The normalized spacial score (nSPS) is 23.3. The summed E-state index contributed by atoms with van der Waals surface area (Å²) in [5.41, 5.74) is 4.06. The quantitative estimate of drug-likeness (QED) is 0.553. The number of rotatable bonds is 5. The molecule has 2 rings (SSSR count). The summed E-state index contributed by atoms with van der Waals surface area (Å²) >= 11 is 0. The number of allylic oxidation sites excluding steroid dienone is 2. The molecule has 2 nitrogen and oxygen atoms in total. The van der Waals surface area contributed by atoms with Crippen LogP contribution < -0.4 is 0 Å². The van der Waals surface area contributed by atoms with Crippen LogP contribution in [-0.2, 0) is 9.84 Å². The van der Waals surface area contributed by atoms with Crippen LogP contribution in [0.15, 0.2) is 64.6 Å². The van der Waals surface area contributed by atoms with Gasteiger partial charge in [-0.25, -0.2) is 8.42 Å². The van der Waals surface area contributed by atoms with Gasteiger partial charge in [-0.05, 0) is 55.6 Å². The molecule has 0 bridgehead atoms. The van der Waals surface area contributed by atoms with E-state index in [1.54, 1.807) is 24.3 Å². The molecular weight excluding hydrogens is 304 g/mol. The van der Waals surface area contributed by atoms with Gasteiger partial charge in [-0.2, -0.15) is 0 Å². The molecule has 1 saturated carbocycles. The molecular formula is C20H26O2S. The second-order valence-corrected chi connectivity index (χ2v) is 9.38. The van der Waals surface area contributed by atoms with Crippen LogP contribution in [0.5, 0.6) is 0 Å². The molecule has 0 spiro atoms. The highest BCUT2D eigenvalue weighted by Gasteiger charge is 2.40. The van der Waals surface area contributed by atoms with Gasteiger partial charge in [0.05, 0.1) is 9.80 Å². The molecule has 0 radical (unpaired) electrons. The van der Waals surface area contributed by atoms with Gasteiger partial charge in [0.2, 0.25) is 9.84 Å². The fraction of sp³-hybridized carbons (Fsp3) is 0.450. The van der Waals surface area contributed by atoms with Crippen molar-refractivity contribution in [3.63, 3.8) is 0 Å². The maximum Gasteiger partial charge on any atom is 0.210 e. The van der Waals surface area contributed by atoms with Gasteiger partial charge in [-0.1, -0.05) is 50.8 Å². The lowest BCUT2D eigenvalue weighted by Crippen LogP contribution is -2.14. The molecule has 0 aliphatic heterocycles. The van der Waals surface area contributed by atoms with E-state index in [4.69, 9.17) is 0 Å². The summed E-state index contributed by atoms with van der Waals surface area (Å²) in [4.78, 5) is 0.618. The smallest absolute Gasteiger partial charge is 0.210 e. The van der Waals surface area contributed by atoms with E-state index in [9.17, 15) is 8.42 Å². The van der Waals surface area contributed by atoms with Crippen molar-refractivity contribution < 1.29 is 8.42 Å². The molecule has 124 valence electrons. The molecule has 1 aromatic carbocycles. The minimum Gasteiger partial charge on any atom is -0.218 e. The summed E-state index contributed by atoms with van der Waals surface area (Å²) in [5, 5.41) is 0. The highest BCUT2D eigenvalue weighted by molar-refractivity contribution is 7.95. The highest BCUT2D eigenvalue weighted by Crippen LogP contribution is 2.50. The summed E-state index contributed by atoms with van der Waals surface area (Å²) in [7, 11) is -3.51. The van der Waals surface area contributed by atoms with E-state index in [1.165, 1.54) is 0 Å². The molecule has 2 atom stereocenters. The zero-order chi connectivity index (χ0) is 17.3. The molecule has 0 saturated heterocycles. The molecule has 23 heavy (non-hydrogen) atoms. The zero-order valence-electron chi connectivity index (χ0n) is 14.3. The lowest BCUT2D eigenvalue weighted by atomic mass is 9.88. The van der Waals surface area contributed by atoms with Gasteiger partial charge in [-0.15, -0.1) is 5.73 Å². The van der Waals surface area contributed by atoms with Gasteiger partial charge >= 0.3 is 0 Å². The first-order valence-corrected chi connectivity index (χ1v) is 9.50. The van der Waals surface area contributed by atoms with Gasteiger partial charge in [0.25, 0.3) is 0 Å². The third kappa shape index (κ3) is 3.85. The second kappa shape index (κ2) is 6.51. The molecule has 1 aliphatic carbocycles. The maximum absolute atomic E-state index is 12.8. The Balaban J connectivity index is 2.30. The molecule has 1 fully saturated rings. The topological polar surface area (TPSA) is 34.1 Å². The van der Waals surface area contributed by atoms with Crippen molar-refractivity contribution in [3.05, 3.63) is 59.7 Å². The van der Waals surface area contributed by atoms with Gasteiger partial charge in [-0.3, -0.25) is 0 Å². The summed E-state index contributed by atoms with van der Waals surface area (Å²) in [6, 6.07) is 8.54. The number of hydrogen-bond donors (Lipinski definition) is 0. The molecule has 1 aliphatic rings. The van der Waals surface area contributed by atoms with Crippen molar-refractivity contribution in [2.45, 2.75) is 44.9 Å².